The van der Waals surface area contributed by atoms with E-state index in [9.17, 15) is 4.79 Å². The molecule has 0 aliphatic heterocycles. The van der Waals surface area contributed by atoms with Gasteiger partial charge in [0.15, 0.2) is 0 Å². The number of nitrogens with zero attached hydrogens (tertiary/aromatic N) is 1. The van der Waals surface area contributed by atoms with Gasteiger partial charge in [-0.2, -0.15) is 0 Å². The number of hydrogen-bond donors (Lipinski definition) is 1. The van der Waals surface area contributed by atoms with E-state index in [4.69, 9.17) is 22.7 Å². The van der Waals surface area contributed by atoms with Crippen LogP contribution in [0.4, 0.5) is 0 Å². The van der Waals surface area contributed by atoms with Crippen molar-refractivity contribution < 1.29 is 9.53 Å². The van der Waals surface area contributed by atoms with Crippen molar-refractivity contribution in [3.05, 3.63) is 0 Å². The van der Waals surface area contributed by atoms with Crippen molar-refractivity contribution in [3.8, 4) is 0 Å². The number of carbonyl (C=O) groups excluding carboxylic acids is 1. The number of amides is 1. The molecule has 4 nitrogen and oxygen atoms in total. The molecule has 0 bridgehead atoms. The van der Waals surface area contributed by atoms with Crippen molar-refractivity contribution >= 4 is 23.1 Å². The van der Waals surface area contributed by atoms with Crippen LogP contribution in [-0.2, 0) is 9.53 Å². The number of nitrogens with two attached hydrogens (primary N) is 1. The first kappa shape index (κ1) is 13.4. The number of hydrogen-bond acceptors (Lipinski definition) is 3. The Bertz CT molecular complexity index is 277. The summed E-state index contributed by atoms with van der Waals surface area (Å²) in [5.41, 5.74) is 5.14. The summed E-state index contributed by atoms with van der Waals surface area (Å²) >= 11 is 5.02. The molecule has 92 valence electrons. The van der Waals surface area contributed by atoms with E-state index in [2.05, 4.69) is 0 Å². The van der Waals surface area contributed by atoms with Gasteiger partial charge in [0.05, 0.1) is 10.4 Å². The fraction of sp³-hybridized carbons (Fsp3) is 0.818. The van der Waals surface area contributed by atoms with Crippen molar-refractivity contribution in [2.45, 2.75) is 25.7 Å². The van der Waals surface area contributed by atoms with Gasteiger partial charge in [-0.3, -0.25) is 4.79 Å². The number of methoxy groups -OCH3 is 1. The highest BCUT2D eigenvalue weighted by atomic mass is 32.1. The summed E-state index contributed by atoms with van der Waals surface area (Å²) < 4.78 is 4.96. The minimum Gasteiger partial charge on any atom is -0.392 e. The van der Waals surface area contributed by atoms with Crippen LogP contribution in [0.15, 0.2) is 0 Å². The number of carbonyl (C=O) groups is 1. The average molecular weight is 244 g/mol. The van der Waals surface area contributed by atoms with Gasteiger partial charge < -0.3 is 15.4 Å². The van der Waals surface area contributed by atoms with Crippen molar-refractivity contribution in [3.63, 3.8) is 0 Å². The van der Waals surface area contributed by atoms with Gasteiger partial charge in [-0.1, -0.05) is 18.6 Å². The lowest BCUT2D eigenvalue weighted by Crippen LogP contribution is -2.53. The molecule has 2 N–H and O–H groups in total. The van der Waals surface area contributed by atoms with Crippen molar-refractivity contribution in [1.29, 1.82) is 0 Å². The molecule has 0 aromatic carbocycles. The fourth-order valence-corrected chi connectivity index (χ4v) is 2.30. The lowest BCUT2D eigenvalue weighted by atomic mass is 9.67. The smallest absolute Gasteiger partial charge is 0.235 e. The number of thiocarbonyl (C=S) groups is 1. The maximum atomic E-state index is 12.2. The molecular formula is C11H20N2O2S. The molecule has 0 saturated heterocycles. The summed E-state index contributed by atoms with van der Waals surface area (Å²) in [6.45, 7) is 1.36. The van der Waals surface area contributed by atoms with E-state index >= 15 is 0 Å². The van der Waals surface area contributed by atoms with Gasteiger partial charge in [0.1, 0.15) is 0 Å². The zero-order chi connectivity index (χ0) is 12.2. The van der Waals surface area contributed by atoms with Crippen LogP contribution in [0.2, 0.25) is 0 Å². The molecule has 0 unspecified atom stereocenters. The quantitative estimate of drug-likeness (QED) is 0.558. The van der Waals surface area contributed by atoms with E-state index in [0.29, 0.717) is 18.1 Å². The highest BCUT2D eigenvalue weighted by molar-refractivity contribution is 7.80. The fourth-order valence-electron chi connectivity index (χ4n) is 2.01. The molecule has 0 radical (unpaired) electrons. The van der Waals surface area contributed by atoms with Gasteiger partial charge in [-0.05, 0) is 19.3 Å². The van der Waals surface area contributed by atoms with E-state index in [-0.39, 0.29) is 5.91 Å². The van der Waals surface area contributed by atoms with E-state index in [1.807, 2.05) is 0 Å². The third kappa shape index (κ3) is 2.52. The molecule has 5 heteroatoms. The highest BCUT2D eigenvalue weighted by Crippen LogP contribution is 2.42. The van der Waals surface area contributed by atoms with Crippen LogP contribution in [0, 0.1) is 5.41 Å². The molecule has 1 saturated carbocycles. The summed E-state index contributed by atoms with van der Waals surface area (Å²) in [6, 6.07) is 0. The Balaban J connectivity index is 2.52. The van der Waals surface area contributed by atoms with Gasteiger partial charge >= 0.3 is 0 Å². The van der Waals surface area contributed by atoms with Crippen molar-refractivity contribution in [2.24, 2.45) is 11.1 Å². The third-order valence-electron chi connectivity index (χ3n) is 3.28. The van der Waals surface area contributed by atoms with Crippen molar-refractivity contribution in [1.82, 2.24) is 4.90 Å². The monoisotopic (exact) mass is 244 g/mol. The summed E-state index contributed by atoms with van der Waals surface area (Å²) in [6.07, 6.45) is 3.48. The maximum Gasteiger partial charge on any atom is 0.235 e. The largest absolute Gasteiger partial charge is 0.392 e. The summed E-state index contributed by atoms with van der Waals surface area (Å²) in [7, 11) is 3.46. The predicted molar refractivity (Wildman–Crippen MR) is 67.2 cm³/mol. The molecule has 0 spiro atoms. The Morgan fingerprint density at radius 3 is 2.56 bits per heavy atom. The van der Waals surface area contributed by atoms with Crippen LogP contribution in [0.25, 0.3) is 0 Å². The Hall–Kier alpha value is -0.680. The predicted octanol–water partition coefficient (Wildman–Crippen LogP) is 0.938. The minimum atomic E-state index is -0.544. The highest BCUT2D eigenvalue weighted by Gasteiger charge is 2.48. The zero-order valence-corrected chi connectivity index (χ0v) is 10.8. The van der Waals surface area contributed by atoms with E-state index < -0.39 is 5.41 Å². The number of ether oxygens (including phenoxy) is 1. The van der Waals surface area contributed by atoms with E-state index in [0.717, 1.165) is 25.7 Å². The van der Waals surface area contributed by atoms with Crippen LogP contribution >= 0.6 is 12.2 Å². The minimum absolute atomic E-state index is 0.0716. The van der Waals surface area contributed by atoms with Crippen LogP contribution in [0.5, 0.6) is 0 Å². The first-order valence-electron chi connectivity index (χ1n) is 5.59. The van der Waals surface area contributed by atoms with Gasteiger partial charge in [0.25, 0.3) is 0 Å². The van der Waals surface area contributed by atoms with Crippen LogP contribution in [0.1, 0.15) is 25.7 Å². The molecule has 0 heterocycles. The van der Waals surface area contributed by atoms with E-state index in [1.165, 1.54) is 0 Å². The third-order valence-corrected chi connectivity index (χ3v) is 3.67. The second-order valence-electron chi connectivity index (χ2n) is 4.37. The molecule has 1 aliphatic carbocycles. The van der Waals surface area contributed by atoms with Gasteiger partial charge in [-0.15, -0.1) is 0 Å². The molecule has 0 aromatic rings. The summed E-state index contributed by atoms with van der Waals surface area (Å²) in [4.78, 5) is 14.3. The molecule has 1 fully saturated rings. The zero-order valence-electron chi connectivity index (χ0n) is 9.99. The lowest BCUT2D eigenvalue weighted by molar-refractivity contribution is -0.140. The normalized spacial score (nSPS) is 17.6. The second kappa shape index (κ2) is 5.59. The molecule has 1 rings (SSSR count). The van der Waals surface area contributed by atoms with Crippen LogP contribution in [0.3, 0.4) is 0 Å². The molecular weight excluding hydrogens is 224 g/mol. The molecule has 0 atom stereocenters. The SMILES string of the molecule is COCCCN(C)C(=O)C1(C(N)=S)CCC1. The first-order chi connectivity index (χ1) is 7.54. The van der Waals surface area contributed by atoms with Crippen LogP contribution < -0.4 is 5.73 Å². The van der Waals surface area contributed by atoms with E-state index in [1.54, 1.807) is 19.1 Å². The standard InChI is InChI=1S/C11H20N2O2S/c1-13(7-4-8-15-2)10(14)11(9(12)16)5-3-6-11/h3-8H2,1-2H3,(H2,12,16). The van der Waals surface area contributed by atoms with Crippen LogP contribution in [-0.4, -0.2) is 43.1 Å². The Morgan fingerprint density at radius 1 is 1.56 bits per heavy atom. The second-order valence-corrected chi connectivity index (χ2v) is 4.81. The Kier molecular flexibility index (Phi) is 4.68. The molecule has 0 aromatic heterocycles. The van der Waals surface area contributed by atoms with Crippen molar-refractivity contribution in [2.75, 3.05) is 27.3 Å². The molecule has 16 heavy (non-hydrogen) atoms. The molecule has 1 aliphatic rings. The van der Waals surface area contributed by atoms with Gasteiger partial charge in [-0.25, -0.2) is 0 Å². The topological polar surface area (TPSA) is 55.6 Å². The van der Waals surface area contributed by atoms with Gasteiger partial charge in [0.2, 0.25) is 5.91 Å². The summed E-state index contributed by atoms with van der Waals surface area (Å²) in [5.74, 6) is 0.0716. The first-order valence-corrected chi connectivity index (χ1v) is 6.00. The number of rotatable bonds is 6. The Morgan fingerprint density at radius 2 is 2.19 bits per heavy atom. The maximum absolute atomic E-state index is 12.2. The average Bonchev–Trinajstić information content (AvgIpc) is 2.15. The summed E-state index contributed by atoms with van der Waals surface area (Å²) in [5, 5.41) is 0. The Labute approximate surface area is 102 Å². The molecule has 1 amide bonds. The lowest BCUT2D eigenvalue weighted by Gasteiger charge is -2.41. The van der Waals surface area contributed by atoms with Gasteiger partial charge in [0, 0.05) is 27.3 Å².